The molecule has 6 heteroatoms. The Balaban J connectivity index is 1.64. The Hall–Kier alpha value is -3.41. The molecule has 0 N–H and O–H groups in total. The average molecular weight is 579 g/mol. The van der Waals surface area contributed by atoms with E-state index in [9.17, 15) is 14.4 Å². The lowest BCUT2D eigenvalue weighted by Crippen LogP contribution is -2.15. The van der Waals surface area contributed by atoms with Crippen molar-refractivity contribution in [3.8, 4) is 11.5 Å². The maximum atomic E-state index is 13.0. The van der Waals surface area contributed by atoms with Crippen molar-refractivity contribution in [2.24, 2.45) is 0 Å². The van der Waals surface area contributed by atoms with Gasteiger partial charge in [0.15, 0.2) is 23.1 Å². The van der Waals surface area contributed by atoms with E-state index < -0.39 is 11.8 Å². The normalized spacial score (nSPS) is 11.0. The third-order valence-corrected chi connectivity index (χ3v) is 7.36. The molecule has 0 aliphatic rings. The highest BCUT2D eigenvalue weighted by Crippen LogP contribution is 2.28. The van der Waals surface area contributed by atoms with Crippen LogP contribution in [0.3, 0.4) is 0 Å². The van der Waals surface area contributed by atoms with Crippen LogP contribution < -0.4 is 9.47 Å². The molecule has 0 amide bonds. The van der Waals surface area contributed by atoms with Crippen LogP contribution in [0.15, 0.2) is 54.6 Å². The quantitative estimate of drug-likeness (QED) is 0.0430. The van der Waals surface area contributed by atoms with Crippen molar-refractivity contribution >= 4 is 17.5 Å². The average Bonchev–Trinajstić information content (AvgIpc) is 3.01. The molecule has 0 saturated heterocycles. The van der Waals surface area contributed by atoms with Crippen LogP contribution in [0.5, 0.6) is 11.5 Å². The minimum Gasteiger partial charge on any atom is -0.493 e. The van der Waals surface area contributed by atoms with Crippen LogP contribution in [0.2, 0.25) is 0 Å². The lowest BCUT2D eigenvalue weighted by atomic mass is 9.97. The lowest BCUT2D eigenvalue weighted by Gasteiger charge is -2.10. The minimum atomic E-state index is -0.537. The molecule has 0 radical (unpaired) electrons. The number of rotatable bonds is 23. The summed E-state index contributed by atoms with van der Waals surface area (Å²) >= 11 is 0. The Kier molecular flexibility index (Phi) is 17.7. The molecule has 2 aromatic carbocycles. The van der Waals surface area contributed by atoms with Crippen molar-refractivity contribution in [2.75, 3.05) is 20.8 Å². The zero-order chi connectivity index (χ0) is 30.4. The van der Waals surface area contributed by atoms with Crippen LogP contribution in [-0.4, -0.2) is 38.4 Å². The number of ketones is 2. The minimum absolute atomic E-state index is 0.187. The van der Waals surface area contributed by atoms with Gasteiger partial charge in [0.05, 0.1) is 32.8 Å². The zero-order valence-corrected chi connectivity index (χ0v) is 26.0. The standard InChI is InChI=1S/C36H50O6/c1-4-5-6-7-8-9-10-11-12-13-14-15-16-17-18-21-26-42-36(39)31-23-20-19-22-30(31)33(38)28-32(37)29-24-25-34(40-2)35(27-29)41-3/h11-12,19-20,22-25,27H,4-10,13-18,21,26,28H2,1-3H3. The van der Waals surface area contributed by atoms with Crippen molar-refractivity contribution in [1.82, 2.24) is 0 Å². The summed E-state index contributed by atoms with van der Waals surface area (Å²) in [6.07, 6.45) is 21.3. The van der Waals surface area contributed by atoms with Gasteiger partial charge in [0.2, 0.25) is 0 Å². The fraction of sp³-hybridized carbons (Fsp3) is 0.528. The Morgan fingerprint density at radius 1 is 0.643 bits per heavy atom. The molecule has 0 unspecified atom stereocenters. The molecule has 0 atom stereocenters. The molecular weight excluding hydrogens is 528 g/mol. The molecular formula is C36H50O6. The van der Waals surface area contributed by atoms with Crippen LogP contribution in [0.25, 0.3) is 0 Å². The zero-order valence-electron chi connectivity index (χ0n) is 26.0. The maximum Gasteiger partial charge on any atom is 0.338 e. The van der Waals surface area contributed by atoms with Crippen LogP contribution in [-0.2, 0) is 4.74 Å². The van der Waals surface area contributed by atoms with Gasteiger partial charge in [0.25, 0.3) is 0 Å². The first-order valence-corrected chi connectivity index (χ1v) is 15.7. The number of hydrogen-bond donors (Lipinski definition) is 0. The monoisotopic (exact) mass is 578 g/mol. The molecule has 0 heterocycles. The van der Waals surface area contributed by atoms with Gasteiger partial charge in [-0.05, 0) is 56.4 Å². The first-order valence-electron chi connectivity index (χ1n) is 15.7. The number of esters is 1. The lowest BCUT2D eigenvalue weighted by molar-refractivity contribution is 0.0494. The fourth-order valence-corrected chi connectivity index (χ4v) is 4.85. The van der Waals surface area contributed by atoms with Gasteiger partial charge in [-0.15, -0.1) is 0 Å². The number of carbonyl (C=O) groups is 3. The number of ether oxygens (including phenoxy) is 3. The van der Waals surface area contributed by atoms with E-state index in [0.717, 1.165) is 25.7 Å². The fourth-order valence-electron chi connectivity index (χ4n) is 4.85. The van der Waals surface area contributed by atoms with Crippen LogP contribution >= 0.6 is 0 Å². The number of Topliss-reactive ketones (excluding diaryl/α,β-unsaturated/α-hetero) is 2. The highest BCUT2D eigenvalue weighted by molar-refractivity contribution is 6.16. The van der Waals surface area contributed by atoms with E-state index in [2.05, 4.69) is 19.1 Å². The van der Waals surface area contributed by atoms with E-state index in [1.807, 2.05) is 0 Å². The number of allylic oxidation sites excluding steroid dienone is 2. The molecule has 0 bridgehead atoms. The highest BCUT2D eigenvalue weighted by Gasteiger charge is 2.21. The molecule has 230 valence electrons. The van der Waals surface area contributed by atoms with E-state index in [0.29, 0.717) is 23.7 Å². The summed E-state index contributed by atoms with van der Waals surface area (Å²) in [5, 5.41) is 0. The second kappa shape index (κ2) is 21.3. The van der Waals surface area contributed by atoms with Crippen LogP contribution in [0.1, 0.15) is 134 Å². The van der Waals surface area contributed by atoms with Gasteiger partial charge in [0.1, 0.15) is 0 Å². The predicted molar refractivity (Wildman–Crippen MR) is 169 cm³/mol. The van der Waals surface area contributed by atoms with Crippen molar-refractivity contribution in [2.45, 2.75) is 103 Å². The number of methoxy groups -OCH3 is 2. The first-order chi connectivity index (χ1) is 20.5. The van der Waals surface area contributed by atoms with Gasteiger partial charge in [0, 0.05) is 11.1 Å². The Labute approximate surface area is 252 Å². The summed E-state index contributed by atoms with van der Waals surface area (Å²) in [6.45, 7) is 2.57. The molecule has 2 rings (SSSR count). The van der Waals surface area contributed by atoms with E-state index in [4.69, 9.17) is 14.2 Å². The molecule has 6 nitrogen and oxygen atoms in total. The summed E-state index contributed by atoms with van der Waals surface area (Å²) in [5.41, 5.74) is 0.713. The molecule has 0 saturated carbocycles. The molecule has 0 aromatic heterocycles. The summed E-state index contributed by atoms with van der Waals surface area (Å²) < 4.78 is 15.9. The van der Waals surface area contributed by atoms with Crippen molar-refractivity contribution in [1.29, 1.82) is 0 Å². The van der Waals surface area contributed by atoms with Crippen molar-refractivity contribution < 1.29 is 28.6 Å². The first kappa shape index (κ1) is 34.8. The van der Waals surface area contributed by atoms with E-state index in [1.165, 1.54) is 78.4 Å². The van der Waals surface area contributed by atoms with E-state index >= 15 is 0 Å². The van der Waals surface area contributed by atoms with Crippen LogP contribution in [0, 0.1) is 0 Å². The van der Waals surface area contributed by atoms with Gasteiger partial charge in [-0.1, -0.05) is 95.1 Å². The second-order valence-electron chi connectivity index (χ2n) is 10.7. The summed E-state index contributed by atoms with van der Waals surface area (Å²) in [5.74, 6) is -0.431. The van der Waals surface area contributed by atoms with Gasteiger partial charge in [-0.3, -0.25) is 9.59 Å². The maximum absolute atomic E-state index is 13.0. The van der Waals surface area contributed by atoms with Gasteiger partial charge >= 0.3 is 5.97 Å². The summed E-state index contributed by atoms with van der Waals surface area (Å²) in [4.78, 5) is 38.5. The van der Waals surface area contributed by atoms with Crippen LogP contribution in [0.4, 0.5) is 0 Å². The van der Waals surface area contributed by atoms with Gasteiger partial charge in [-0.25, -0.2) is 4.79 Å². The third kappa shape index (κ3) is 13.1. The summed E-state index contributed by atoms with van der Waals surface area (Å²) in [7, 11) is 2.99. The van der Waals surface area contributed by atoms with E-state index in [1.54, 1.807) is 42.5 Å². The predicted octanol–water partition coefficient (Wildman–Crippen LogP) is 9.35. The number of hydrogen-bond acceptors (Lipinski definition) is 6. The largest absolute Gasteiger partial charge is 0.493 e. The third-order valence-electron chi connectivity index (χ3n) is 7.36. The topological polar surface area (TPSA) is 78.9 Å². The summed E-state index contributed by atoms with van der Waals surface area (Å²) in [6, 6.07) is 11.3. The Morgan fingerprint density at radius 2 is 1.21 bits per heavy atom. The number of benzene rings is 2. The van der Waals surface area contributed by atoms with Crippen molar-refractivity contribution in [3.05, 3.63) is 71.3 Å². The van der Waals surface area contributed by atoms with Gasteiger partial charge in [-0.2, -0.15) is 0 Å². The molecule has 0 aliphatic heterocycles. The molecule has 0 spiro atoms. The Morgan fingerprint density at radius 3 is 1.83 bits per heavy atom. The molecule has 42 heavy (non-hydrogen) atoms. The smallest absolute Gasteiger partial charge is 0.338 e. The molecule has 0 aliphatic carbocycles. The Bertz CT molecular complexity index is 1120. The molecule has 0 fully saturated rings. The number of unbranched alkanes of at least 4 members (excludes halogenated alkanes) is 12. The second-order valence-corrected chi connectivity index (χ2v) is 10.7. The SMILES string of the molecule is CCCCCCCCC=CCCCCCCCCOC(=O)c1ccccc1C(=O)CC(=O)c1ccc(OC)c(OC)c1. The highest BCUT2D eigenvalue weighted by atomic mass is 16.5. The van der Waals surface area contributed by atoms with E-state index in [-0.39, 0.29) is 23.3 Å². The molecule has 2 aromatic rings. The van der Waals surface area contributed by atoms with Gasteiger partial charge < -0.3 is 14.2 Å². The number of carbonyl (C=O) groups excluding carboxylic acids is 3. The van der Waals surface area contributed by atoms with Crippen molar-refractivity contribution in [3.63, 3.8) is 0 Å².